The zero-order chi connectivity index (χ0) is 17.9. The average molecular weight is 337 g/mol. The Labute approximate surface area is 146 Å². The minimum atomic E-state index is -0.556. The van der Waals surface area contributed by atoms with Gasteiger partial charge in [0.05, 0.1) is 30.2 Å². The van der Waals surface area contributed by atoms with Gasteiger partial charge in [0.1, 0.15) is 0 Å². The molecule has 3 aliphatic rings. The van der Waals surface area contributed by atoms with Gasteiger partial charge in [0, 0.05) is 11.8 Å². The molecule has 4 rings (SSSR count). The van der Waals surface area contributed by atoms with Crippen LogP contribution in [-0.2, 0) is 14.3 Å². The summed E-state index contributed by atoms with van der Waals surface area (Å²) in [6.07, 6.45) is 4.10. The van der Waals surface area contributed by atoms with Crippen molar-refractivity contribution in [2.24, 2.45) is 23.7 Å². The monoisotopic (exact) mass is 337 g/mol. The number of benzene rings is 1. The van der Waals surface area contributed by atoms with Crippen LogP contribution in [0.5, 0.6) is 0 Å². The Kier molecular flexibility index (Phi) is 3.42. The molecule has 0 N–H and O–H groups in total. The number of carbonyl (C=O) groups excluding carboxylic acids is 3. The van der Waals surface area contributed by atoms with Crippen LogP contribution in [0.15, 0.2) is 47.6 Å². The fourth-order valence-electron chi connectivity index (χ4n) is 4.62. The second kappa shape index (κ2) is 5.41. The van der Waals surface area contributed by atoms with E-state index < -0.39 is 5.97 Å². The minimum absolute atomic E-state index is 0.00765. The van der Waals surface area contributed by atoms with Crippen LogP contribution in [0.3, 0.4) is 0 Å². The topological polar surface area (TPSA) is 63.7 Å². The first-order valence-electron chi connectivity index (χ1n) is 8.38. The van der Waals surface area contributed by atoms with Crippen LogP contribution in [0, 0.1) is 23.7 Å². The summed E-state index contributed by atoms with van der Waals surface area (Å²) in [6.45, 7) is 4.06. The van der Waals surface area contributed by atoms with Crippen LogP contribution in [-0.4, -0.2) is 24.9 Å². The van der Waals surface area contributed by atoms with E-state index in [4.69, 9.17) is 4.74 Å². The molecule has 1 aromatic rings. The maximum atomic E-state index is 13.1. The van der Waals surface area contributed by atoms with E-state index >= 15 is 0 Å². The second-order valence-corrected chi connectivity index (χ2v) is 6.96. The van der Waals surface area contributed by atoms with Gasteiger partial charge in [-0.2, -0.15) is 0 Å². The van der Waals surface area contributed by atoms with Gasteiger partial charge < -0.3 is 4.74 Å². The van der Waals surface area contributed by atoms with Crippen molar-refractivity contribution in [2.45, 2.75) is 13.8 Å². The molecule has 1 saturated heterocycles. The van der Waals surface area contributed by atoms with Gasteiger partial charge in [0.15, 0.2) is 0 Å². The number of amides is 2. The number of hydrogen-bond acceptors (Lipinski definition) is 4. The first-order chi connectivity index (χ1) is 12.0. The standard InChI is InChI=1S/C20H19NO4/c1-10(2)15-12-8-9-13(15)17-16(12)18(22)21(19(17)23)14-7-5-4-6-11(14)20(24)25-3/h4-9,12-13,16-17H,1-3H3/t12-,13-,16-,17-/m0/s1. The van der Waals surface area contributed by atoms with Crippen LogP contribution in [0.1, 0.15) is 24.2 Å². The molecular formula is C20H19NO4. The average Bonchev–Trinajstić information content (AvgIpc) is 3.24. The molecule has 1 aromatic carbocycles. The molecule has 0 spiro atoms. The fourth-order valence-corrected chi connectivity index (χ4v) is 4.62. The van der Waals surface area contributed by atoms with Crippen molar-refractivity contribution in [3.8, 4) is 0 Å². The highest BCUT2D eigenvalue weighted by molar-refractivity contribution is 6.25. The lowest BCUT2D eigenvalue weighted by molar-refractivity contribution is -0.122. The van der Waals surface area contributed by atoms with Crippen LogP contribution < -0.4 is 4.90 Å². The Morgan fingerprint density at radius 3 is 2.08 bits per heavy atom. The number of hydrogen-bond donors (Lipinski definition) is 0. The summed E-state index contributed by atoms with van der Waals surface area (Å²) >= 11 is 0. The lowest BCUT2D eigenvalue weighted by Gasteiger charge is -2.21. The van der Waals surface area contributed by atoms with Crippen molar-refractivity contribution in [3.63, 3.8) is 0 Å². The van der Waals surface area contributed by atoms with Gasteiger partial charge >= 0.3 is 5.97 Å². The maximum absolute atomic E-state index is 13.1. The molecule has 0 aromatic heterocycles. The molecule has 2 aliphatic carbocycles. The number of rotatable bonds is 2. The van der Waals surface area contributed by atoms with Crippen molar-refractivity contribution in [3.05, 3.63) is 53.1 Å². The third-order valence-corrected chi connectivity index (χ3v) is 5.54. The number of ether oxygens (including phenoxy) is 1. The van der Waals surface area contributed by atoms with E-state index in [1.165, 1.54) is 23.2 Å². The van der Waals surface area contributed by atoms with Gasteiger partial charge in [-0.15, -0.1) is 0 Å². The molecular weight excluding hydrogens is 318 g/mol. The molecule has 1 heterocycles. The van der Waals surface area contributed by atoms with Crippen molar-refractivity contribution in [2.75, 3.05) is 12.0 Å². The van der Waals surface area contributed by atoms with Gasteiger partial charge in [-0.1, -0.05) is 35.4 Å². The number of carbonyl (C=O) groups is 3. The van der Waals surface area contributed by atoms with Crippen molar-refractivity contribution in [1.82, 2.24) is 0 Å². The molecule has 2 amide bonds. The number of imide groups is 1. The van der Waals surface area contributed by atoms with Crippen molar-refractivity contribution >= 4 is 23.5 Å². The summed E-state index contributed by atoms with van der Waals surface area (Å²) in [5.74, 6) is -1.74. The third kappa shape index (κ3) is 1.98. The lowest BCUT2D eigenvalue weighted by atomic mass is 9.85. The van der Waals surface area contributed by atoms with Gasteiger partial charge in [-0.25, -0.2) is 9.69 Å². The number of anilines is 1. The Hall–Kier alpha value is -2.69. The number of methoxy groups -OCH3 is 1. The zero-order valence-electron chi connectivity index (χ0n) is 14.4. The molecule has 1 aliphatic heterocycles. The second-order valence-electron chi connectivity index (χ2n) is 6.96. The molecule has 2 bridgehead atoms. The van der Waals surface area contributed by atoms with Crippen molar-refractivity contribution < 1.29 is 19.1 Å². The van der Waals surface area contributed by atoms with Gasteiger partial charge in [0.2, 0.25) is 11.8 Å². The highest BCUT2D eigenvalue weighted by atomic mass is 16.5. The molecule has 1 saturated carbocycles. The summed E-state index contributed by atoms with van der Waals surface area (Å²) in [7, 11) is 1.28. The predicted octanol–water partition coefficient (Wildman–Crippen LogP) is 2.73. The van der Waals surface area contributed by atoms with E-state index in [0.717, 1.165) is 0 Å². The SMILES string of the molecule is COC(=O)c1ccccc1N1C(=O)[C@@H]2[C@@H](C1=O)[C@H]1C=C[C@H]2C1=C(C)C. The number of esters is 1. The molecule has 2 fully saturated rings. The van der Waals surface area contributed by atoms with E-state index in [1.807, 2.05) is 13.8 Å². The van der Waals surface area contributed by atoms with Crippen LogP contribution in [0.25, 0.3) is 0 Å². The van der Waals surface area contributed by atoms with Crippen LogP contribution in [0.2, 0.25) is 0 Å². The molecule has 25 heavy (non-hydrogen) atoms. The molecule has 0 radical (unpaired) electrons. The van der Waals surface area contributed by atoms with E-state index in [-0.39, 0.29) is 41.0 Å². The van der Waals surface area contributed by atoms with Crippen LogP contribution in [0.4, 0.5) is 5.69 Å². The number of fused-ring (bicyclic) bond motifs is 5. The maximum Gasteiger partial charge on any atom is 0.339 e. The Bertz CT molecular complexity index is 828. The smallest absolute Gasteiger partial charge is 0.339 e. The van der Waals surface area contributed by atoms with Crippen LogP contribution >= 0.6 is 0 Å². The molecule has 5 heteroatoms. The lowest BCUT2D eigenvalue weighted by Crippen LogP contribution is -2.34. The summed E-state index contributed by atoms with van der Waals surface area (Å²) in [5, 5.41) is 0. The first kappa shape index (κ1) is 15.8. The Morgan fingerprint density at radius 2 is 1.56 bits per heavy atom. The summed E-state index contributed by atoms with van der Waals surface area (Å²) < 4.78 is 4.80. The van der Waals surface area contributed by atoms with E-state index in [1.54, 1.807) is 24.3 Å². The molecule has 0 unspecified atom stereocenters. The van der Waals surface area contributed by atoms with Gasteiger partial charge in [-0.3, -0.25) is 9.59 Å². The molecule has 4 atom stereocenters. The molecule has 5 nitrogen and oxygen atoms in total. The fraction of sp³-hybridized carbons (Fsp3) is 0.350. The van der Waals surface area contributed by atoms with E-state index in [2.05, 4.69) is 12.2 Å². The quantitative estimate of drug-likeness (QED) is 0.473. The van der Waals surface area contributed by atoms with Gasteiger partial charge in [-0.05, 0) is 26.0 Å². The van der Waals surface area contributed by atoms with Gasteiger partial charge in [0.25, 0.3) is 0 Å². The highest BCUT2D eigenvalue weighted by Crippen LogP contribution is 2.57. The van der Waals surface area contributed by atoms with E-state index in [9.17, 15) is 14.4 Å². The normalized spacial score (nSPS) is 29.4. The van der Waals surface area contributed by atoms with E-state index in [0.29, 0.717) is 5.69 Å². The first-order valence-corrected chi connectivity index (χ1v) is 8.38. The highest BCUT2D eigenvalue weighted by Gasteiger charge is 2.62. The zero-order valence-corrected chi connectivity index (χ0v) is 14.4. The minimum Gasteiger partial charge on any atom is -0.465 e. The summed E-state index contributed by atoms with van der Waals surface area (Å²) in [5.41, 5.74) is 2.93. The van der Waals surface area contributed by atoms with Crippen molar-refractivity contribution in [1.29, 1.82) is 0 Å². The number of allylic oxidation sites excluding steroid dienone is 4. The third-order valence-electron chi connectivity index (χ3n) is 5.54. The number of para-hydroxylation sites is 1. The number of nitrogens with zero attached hydrogens (tertiary/aromatic N) is 1. The Morgan fingerprint density at radius 1 is 1.00 bits per heavy atom. The predicted molar refractivity (Wildman–Crippen MR) is 91.7 cm³/mol. The summed E-state index contributed by atoms with van der Waals surface area (Å²) in [4.78, 5) is 39.5. The summed E-state index contributed by atoms with van der Waals surface area (Å²) in [6, 6.07) is 6.60. The Balaban J connectivity index is 1.79. The largest absolute Gasteiger partial charge is 0.465 e. The molecule has 128 valence electrons.